The van der Waals surface area contributed by atoms with Crippen LogP contribution in [-0.4, -0.2) is 39.8 Å². The Bertz CT molecular complexity index is 1140. The van der Waals surface area contributed by atoms with Crippen molar-refractivity contribution >= 4 is 28.4 Å². The number of hydrogen-bond donors (Lipinski definition) is 1. The minimum absolute atomic E-state index is 0.127. The molecule has 1 aliphatic rings. The third kappa shape index (κ3) is 3.96. The molecule has 1 aromatic heterocycles. The number of para-hydroxylation sites is 1. The van der Waals surface area contributed by atoms with E-state index in [9.17, 15) is 14.4 Å². The van der Waals surface area contributed by atoms with Crippen LogP contribution in [0.4, 0.5) is 5.69 Å². The average molecular weight is 404 g/mol. The van der Waals surface area contributed by atoms with Crippen molar-refractivity contribution in [2.24, 2.45) is 0 Å². The van der Waals surface area contributed by atoms with E-state index in [-0.39, 0.29) is 23.9 Å². The Morgan fingerprint density at radius 3 is 2.60 bits per heavy atom. The lowest BCUT2D eigenvalue weighted by molar-refractivity contribution is -0.119. The minimum Gasteiger partial charge on any atom is -0.331 e. The summed E-state index contributed by atoms with van der Waals surface area (Å²) in [4.78, 5) is 48.1. The van der Waals surface area contributed by atoms with Crippen LogP contribution in [0.25, 0.3) is 10.9 Å². The SMILES string of the molecule is CCN(Cc1nc2ccccc2c(=O)[nH]1)C(=O)c1ccc(N2CCCCC2=O)cc1. The van der Waals surface area contributed by atoms with Gasteiger partial charge in [0.05, 0.1) is 17.4 Å². The third-order valence-electron chi connectivity index (χ3n) is 5.42. The van der Waals surface area contributed by atoms with Gasteiger partial charge < -0.3 is 14.8 Å². The summed E-state index contributed by atoms with van der Waals surface area (Å²) in [5, 5.41) is 0.526. The summed E-state index contributed by atoms with van der Waals surface area (Å²) in [5.41, 5.74) is 1.75. The van der Waals surface area contributed by atoms with Gasteiger partial charge >= 0.3 is 0 Å². The zero-order valence-corrected chi connectivity index (χ0v) is 16.9. The molecule has 7 heteroatoms. The van der Waals surface area contributed by atoms with Crippen LogP contribution in [0.5, 0.6) is 0 Å². The number of nitrogens with zero attached hydrogens (tertiary/aromatic N) is 3. The smallest absolute Gasteiger partial charge is 0.258 e. The predicted octanol–water partition coefficient (Wildman–Crippen LogP) is 3.10. The fourth-order valence-corrected chi connectivity index (χ4v) is 3.76. The highest BCUT2D eigenvalue weighted by molar-refractivity contribution is 5.97. The maximum absolute atomic E-state index is 13.0. The Morgan fingerprint density at radius 2 is 1.87 bits per heavy atom. The largest absolute Gasteiger partial charge is 0.331 e. The number of hydrogen-bond acceptors (Lipinski definition) is 4. The number of amides is 2. The van der Waals surface area contributed by atoms with E-state index in [0.29, 0.717) is 41.8 Å². The number of piperidine rings is 1. The maximum Gasteiger partial charge on any atom is 0.258 e. The fourth-order valence-electron chi connectivity index (χ4n) is 3.76. The number of rotatable bonds is 5. The first-order valence-electron chi connectivity index (χ1n) is 10.2. The third-order valence-corrected chi connectivity index (χ3v) is 5.42. The van der Waals surface area contributed by atoms with Crippen molar-refractivity contribution in [1.82, 2.24) is 14.9 Å². The van der Waals surface area contributed by atoms with Gasteiger partial charge in [-0.25, -0.2) is 4.98 Å². The van der Waals surface area contributed by atoms with Crippen LogP contribution in [0.15, 0.2) is 53.3 Å². The molecule has 1 aliphatic heterocycles. The van der Waals surface area contributed by atoms with Crippen molar-refractivity contribution in [3.63, 3.8) is 0 Å². The van der Waals surface area contributed by atoms with Crippen LogP contribution >= 0.6 is 0 Å². The van der Waals surface area contributed by atoms with E-state index < -0.39 is 0 Å². The van der Waals surface area contributed by atoms with Crippen LogP contribution in [0.2, 0.25) is 0 Å². The zero-order valence-electron chi connectivity index (χ0n) is 16.9. The molecule has 0 atom stereocenters. The number of aromatic nitrogens is 2. The normalized spacial score (nSPS) is 14.2. The molecule has 0 saturated carbocycles. The van der Waals surface area contributed by atoms with E-state index in [4.69, 9.17) is 0 Å². The molecular formula is C23H24N4O3. The summed E-state index contributed by atoms with van der Waals surface area (Å²) in [6, 6.07) is 14.3. The molecule has 2 aromatic carbocycles. The van der Waals surface area contributed by atoms with Crippen LogP contribution in [0, 0.1) is 0 Å². The summed E-state index contributed by atoms with van der Waals surface area (Å²) in [5.74, 6) is 0.427. The number of H-pyrrole nitrogens is 1. The molecule has 0 aliphatic carbocycles. The zero-order chi connectivity index (χ0) is 21.1. The second kappa shape index (κ2) is 8.49. The number of nitrogens with one attached hydrogen (secondary N) is 1. The molecular weight excluding hydrogens is 380 g/mol. The van der Waals surface area contributed by atoms with Crippen LogP contribution in [0.3, 0.4) is 0 Å². The highest BCUT2D eigenvalue weighted by Crippen LogP contribution is 2.22. The number of anilines is 1. The first kappa shape index (κ1) is 19.8. The molecule has 1 saturated heterocycles. The van der Waals surface area contributed by atoms with Gasteiger partial charge in [0, 0.05) is 30.8 Å². The summed E-state index contributed by atoms with van der Waals surface area (Å²) < 4.78 is 0. The van der Waals surface area contributed by atoms with Gasteiger partial charge in [0.15, 0.2) is 0 Å². The molecule has 4 rings (SSSR count). The number of aromatic amines is 1. The van der Waals surface area contributed by atoms with Crippen molar-refractivity contribution in [2.75, 3.05) is 18.0 Å². The van der Waals surface area contributed by atoms with Gasteiger partial charge in [-0.05, 0) is 56.2 Å². The Morgan fingerprint density at radius 1 is 1.10 bits per heavy atom. The van der Waals surface area contributed by atoms with Gasteiger partial charge in [0.25, 0.3) is 11.5 Å². The summed E-state index contributed by atoms with van der Waals surface area (Å²) in [6.07, 6.45) is 2.50. The van der Waals surface area contributed by atoms with Crippen molar-refractivity contribution < 1.29 is 9.59 Å². The number of carbonyl (C=O) groups is 2. The van der Waals surface area contributed by atoms with Gasteiger partial charge in [-0.1, -0.05) is 12.1 Å². The number of benzene rings is 2. The predicted molar refractivity (Wildman–Crippen MR) is 115 cm³/mol. The molecule has 0 unspecified atom stereocenters. The Kier molecular flexibility index (Phi) is 5.61. The summed E-state index contributed by atoms with van der Waals surface area (Å²) >= 11 is 0. The lowest BCUT2D eigenvalue weighted by Gasteiger charge is -2.27. The summed E-state index contributed by atoms with van der Waals surface area (Å²) in [6.45, 7) is 3.29. The Balaban J connectivity index is 1.53. The lowest BCUT2D eigenvalue weighted by Crippen LogP contribution is -2.35. The van der Waals surface area contributed by atoms with E-state index in [1.54, 1.807) is 40.1 Å². The van der Waals surface area contributed by atoms with Crippen LogP contribution in [-0.2, 0) is 11.3 Å². The quantitative estimate of drug-likeness (QED) is 0.708. The van der Waals surface area contributed by atoms with Crippen molar-refractivity contribution in [1.29, 1.82) is 0 Å². The first-order chi connectivity index (χ1) is 14.6. The molecule has 7 nitrogen and oxygen atoms in total. The molecule has 154 valence electrons. The van der Waals surface area contributed by atoms with Crippen LogP contribution < -0.4 is 10.5 Å². The van der Waals surface area contributed by atoms with E-state index in [1.165, 1.54) is 0 Å². The fraction of sp³-hybridized carbons (Fsp3) is 0.304. The minimum atomic E-state index is -0.213. The van der Waals surface area contributed by atoms with Crippen LogP contribution in [0.1, 0.15) is 42.4 Å². The van der Waals surface area contributed by atoms with Gasteiger partial charge in [-0.2, -0.15) is 0 Å². The highest BCUT2D eigenvalue weighted by Gasteiger charge is 2.21. The Hall–Kier alpha value is -3.48. The molecule has 0 bridgehead atoms. The highest BCUT2D eigenvalue weighted by atomic mass is 16.2. The van der Waals surface area contributed by atoms with Crippen molar-refractivity contribution in [3.8, 4) is 0 Å². The molecule has 1 fully saturated rings. The second-order valence-corrected chi connectivity index (χ2v) is 7.40. The molecule has 3 aromatic rings. The molecule has 0 radical (unpaired) electrons. The molecule has 2 heterocycles. The molecule has 30 heavy (non-hydrogen) atoms. The first-order valence-corrected chi connectivity index (χ1v) is 10.2. The topological polar surface area (TPSA) is 86.4 Å². The average Bonchev–Trinajstić information content (AvgIpc) is 2.77. The van der Waals surface area contributed by atoms with E-state index in [2.05, 4.69) is 9.97 Å². The molecule has 1 N–H and O–H groups in total. The van der Waals surface area contributed by atoms with Gasteiger partial charge in [0.2, 0.25) is 5.91 Å². The maximum atomic E-state index is 13.0. The van der Waals surface area contributed by atoms with Gasteiger partial charge in [0.1, 0.15) is 5.82 Å². The van der Waals surface area contributed by atoms with E-state index in [1.807, 2.05) is 25.1 Å². The number of carbonyl (C=O) groups excluding carboxylic acids is 2. The van der Waals surface area contributed by atoms with Crippen molar-refractivity contribution in [3.05, 3.63) is 70.3 Å². The number of fused-ring (bicyclic) bond motifs is 1. The van der Waals surface area contributed by atoms with E-state index >= 15 is 0 Å². The Labute approximate surface area is 174 Å². The van der Waals surface area contributed by atoms with Gasteiger partial charge in [-0.15, -0.1) is 0 Å². The second-order valence-electron chi connectivity index (χ2n) is 7.40. The molecule has 0 spiro atoms. The van der Waals surface area contributed by atoms with Crippen molar-refractivity contribution in [2.45, 2.75) is 32.7 Å². The lowest BCUT2D eigenvalue weighted by atomic mass is 10.1. The standard InChI is InChI=1S/C23H24N4O3/c1-2-26(15-20-24-19-8-4-3-7-18(19)22(29)25-20)23(30)16-10-12-17(13-11-16)27-14-6-5-9-21(27)28/h3-4,7-8,10-13H,2,5-6,9,14-15H2,1H3,(H,24,25,29). The van der Waals surface area contributed by atoms with Gasteiger partial charge in [-0.3, -0.25) is 14.4 Å². The van der Waals surface area contributed by atoms with E-state index in [0.717, 1.165) is 18.5 Å². The monoisotopic (exact) mass is 404 g/mol. The summed E-state index contributed by atoms with van der Waals surface area (Å²) in [7, 11) is 0. The molecule has 2 amide bonds.